The molecule has 1 aliphatic rings. The van der Waals surface area contributed by atoms with E-state index in [0.29, 0.717) is 25.5 Å². The molecule has 8 heteroatoms. The number of carbonyl (C=O) groups excluding carboxylic acids is 2. The first-order chi connectivity index (χ1) is 12.4. The summed E-state index contributed by atoms with van der Waals surface area (Å²) in [7, 11) is 0. The summed E-state index contributed by atoms with van der Waals surface area (Å²) in [5.74, 6) is 0.182. The van der Waals surface area contributed by atoms with Crippen LogP contribution in [0.15, 0.2) is 30.5 Å². The molecule has 1 fully saturated rings. The Hall–Kier alpha value is -2.90. The lowest BCUT2D eigenvalue weighted by Crippen LogP contribution is -2.39. The summed E-state index contributed by atoms with van der Waals surface area (Å²) in [4.78, 5) is 25.4. The van der Waals surface area contributed by atoms with Crippen molar-refractivity contribution in [1.82, 2.24) is 20.0 Å². The minimum atomic E-state index is -0.307. The number of carbonyl (C=O) groups is 2. The van der Waals surface area contributed by atoms with Crippen molar-refractivity contribution in [3.8, 4) is 0 Å². The minimum absolute atomic E-state index is 0.0171. The Balaban J connectivity index is 1.67. The molecule has 1 atom stereocenters. The fourth-order valence-electron chi connectivity index (χ4n) is 3.10. The molecular formula is C18H22FN5O2. The maximum Gasteiger partial charge on any atom is 0.323 e. The molecule has 3 rings (SSSR count). The molecule has 0 radical (unpaired) electrons. The molecule has 1 aliphatic heterocycles. The standard InChI is InChI=1S/C18H22FN5O2/c1-12-9-20-24(10-14-4-3-5-15(19)8-14)17(12)22-18(26)23-7-6-16(11-23)21-13(2)25/h3-5,8-9,16H,6-7,10-11H2,1-2H3,(H,21,25)(H,22,26)/t16-/m1/s1. The first kappa shape index (κ1) is 17.9. The van der Waals surface area contributed by atoms with Gasteiger partial charge in [0, 0.05) is 31.6 Å². The highest BCUT2D eigenvalue weighted by molar-refractivity contribution is 5.89. The van der Waals surface area contributed by atoms with Crippen molar-refractivity contribution < 1.29 is 14.0 Å². The van der Waals surface area contributed by atoms with Gasteiger partial charge in [-0.3, -0.25) is 10.1 Å². The van der Waals surface area contributed by atoms with E-state index in [0.717, 1.165) is 17.5 Å². The number of nitrogens with one attached hydrogen (secondary N) is 2. The number of amides is 3. The summed E-state index contributed by atoms with van der Waals surface area (Å²) >= 11 is 0. The predicted molar refractivity (Wildman–Crippen MR) is 95.3 cm³/mol. The van der Waals surface area contributed by atoms with E-state index in [-0.39, 0.29) is 23.8 Å². The summed E-state index contributed by atoms with van der Waals surface area (Å²) in [6.45, 7) is 4.73. The Morgan fingerprint density at radius 3 is 2.92 bits per heavy atom. The van der Waals surface area contributed by atoms with Gasteiger partial charge in [-0.15, -0.1) is 0 Å². The highest BCUT2D eigenvalue weighted by Crippen LogP contribution is 2.18. The number of rotatable bonds is 4. The van der Waals surface area contributed by atoms with Gasteiger partial charge in [0.1, 0.15) is 11.6 Å². The quantitative estimate of drug-likeness (QED) is 0.878. The normalized spacial score (nSPS) is 16.6. The van der Waals surface area contributed by atoms with Crippen LogP contribution in [0.2, 0.25) is 0 Å². The number of benzene rings is 1. The molecule has 0 aliphatic carbocycles. The zero-order valence-electron chi connectivity index (χ0n) is 14.8. The molecule has 138 valence electrons. The number of urea groups is 1. The summed E-state index contributed by atoms with van der Waals surface area (Å²) in [5, 5.41) is 10.0. The number of halogens is 1. The maximum atomic E-state index is 13.4. The lowest BCUT2D eigenvalue weighted by Gasteiger charge is -2.18. The number of likely N-dealkylation sites (tertiary alicyclic amines) is 1. The molecule has 2 N–H and O–H groups in total. The van der Waals surface area contributed by atoms with Crippen molar-refractivity contribution in [2.45, 2.75) is 32.9 Å². The van der Waals surface area contributed by atoms with Gasteiger partial charge in [0.2, 0.25) is 5.91 Å². The topological polar surface area (TPSA) is 79.3 Å². The molecule has 0 unspecified atom stereocenters. The predicted octanol–water partition coefficient (Wildman–Crippen LogP) is 2.12. The fourth-order valence-corrected chi connectivity index (χ4v) is 3.10. The molecule has 1 aromatic heterocycles. The van der Waals surface area contributed by atoms with Crippen LogP contribution in [0, 0.1) is 12.7 Å². The second-order valence-electron chi connectivity index (χ2n) is 6.53. The Morgan fingerprint density at radius 2 is 2.19 bits per heavy atom. The van der Waals surface area contributed by atoms with Crippen LogP contribution in [-0.4, -0.2) is 45.8 Å². The Morgan fingerprint density at radius 1 is 1.38 bits per heavy atom. The summed E-state index contributed by atoms with van der Waals surface area (Å²) in [6, 6.07) is 6.04. The Kier molecular flexibility index (Phi) is 5.20. The lowest BCUT2D eigenvalue weighted by molar-refractivity contribution is -0.119. The zero-order valence-corrected chi connectivity index (χ0v) is 14.8. The number of hydrogen-bond donors (Lipinski definition) is 2. The van der Waals surface area contributed by atoms with Crippen LogP contribution in [0.1, 0.15) is 24.5 Å². The second-order valence-corrected chi connectivity index (χ2v) is 6.53. The number of anilines is 1. The Bertz CT molecular complexity index is 820. The monoisotopic (exact) mass is 359 g/mol. The van der Waals surface area contributed by atoms with E-state index >= 15 is 0 Å². The van der Waals surface area contributed by atoms with Gasteiger partial charge in [-0.05, 0) is 31.0 Å². The van der Waals surface area contributed by atoms with Crippen LogP contribution in [0.5, 0.6) is 0 Å². The molecule has 2 heterocycles. The molecule has 1 saturated heterocycles. The van der Waals surface area contributed by atoms with E-state index in [2.05, 4.69) is 15.7 Å². The van der Waals surface area contributed by atoms with Gasteiger partial charge in [0.05, 0.1) is 12.7 Å². The van der Waals surface area contributed by atoms with Crippen molar-refractivity contribution in [2.24, 2.45) is 0 Å². The fraction of sp³-hybridized carbons (Fsp3) is 0.389. The van der Waals surface area contributed by atoms with Crippen molar-refractivity contribution in [1.29, 1.82) is 0 Å². The average molecular weight is 359 g/mol. The third-order valence-electron chi connectivity index (χ3n) is 4.35. The van der Waals surface area contributed by atoms with Gasteiger partial charge in [-0.25, -0.2) is 13.9 Å². The van der Waals surface area contributed by atoms with E-state index in [4.69, 9.17) is 0 Å². The number of aryl methyl sites for hydroxylation is 1. The molecule has 7 nitrogen and oxygen atoms in total. The Labute approximate surface area is 151 Å². The van der Waals surface area contributed by atoms with Crippen molar-refractivity contribution in [3.05, 3.63) is 47.4 Å². The van der Waals surface area contributed by atoms with Gasteiger partial charge in [-0.2, -0.15) is 5.10 Å². The first-order valence-electron chi connectivity index (χ1n) is 8.52. The summed E-state index contributed by atoms with van der Waals surface area (Å²) < 4.78 is 15.0. The summed E-state index contributed by atoms with van der Waals surface area (Å²) in [6.07, 6.45) is 2.40. The number of nitrogens with zero attached hydrogens (tertiary/aromatic N) is 3. The van der Waals surface area contributed by atoms with Crippen LogP contribution in [0.3, 0.4) is 0 Å². The van der Waals surface area contributed by atoms with Crippen LogP contribution < -0.4 is 10.6 Å². The van der Waals surface area contributed by atoms with Gasteiger partial charge < -0.3 is 10.2 Å². The van der Waals surface area contributed by atoms with Gasteiger partial charge in [-0.1, -0.05) is 12.1 Å². The SMILES string of the molecule is CC(=O)N[C@@H]1CCN(C(=O)Nc2c(C)cnn2Cc2cccc(F)c2)C1. The average Bonchev–Trinajstić information content (AvgIpc) is 3.16. The van der Waals surface area contributed by atoms with E-state index in [9.17, 15) is 14.0 Å². The molecule has 0 saturated carbocycles. The van der Waals surface area contributed by atoms with Gasteiger partial charge in [0.25, 0.3) is 0 Å². The molecule has 2 aromatic rings. The van der Waals surface area contributed by atoms with E-state index < -0.39 is 0 Å². The highest BCUT2D eigenvalue weighted by Gasteiger charge is 2.27. The van der Waals surface area contributed by atoms with Crippen LogP contribution in [-0.2, 0) is 11.3 Å². The van der Waals surface area contributed by atoms with Crippen molar-refractivity contribution >= 4 is 17.8 Å². The van der Waals surface area contributed by atoms with E-state index in [1.54, 1.807) is 21.8 Å². The molecule has 1 aromatic carbocycles. The number of hydrogen-bond acceptors (Lipinski definition) is 3. The van der Waals surface area contributed by atoms with Gasteiger partial charge >= 0.3 is 6.03 Å². The van der Waals surface area contributed by atoms with E-state index in [1.165, 1.54) is 19.1 Å². The van der Waals surface area contributed by atoms with Gasteiger partial charge in [0.15, 0.2) is 0 Å². The summed E-state index contributed by atoms with van der Waals surface area (Å²) in [5.41, 5.74) is 1.59. The molecule has 0 spiro atoms. The maximum absolute atomic E-state index is 13.4. The second kappa shape index (κ2) is 7.55. The lowest BCUT2D eigenvalue weighted by atomic mass is 10.2. The molecule has 3 amide bonds. The van der Waals surface area contributed by atoms with Crippen LogP contribution in [0.25, 0.3) is 0 Å². The third kappa shape index (κ3) is 4.19. The smallest absolute Gasteiger partial charge is 0.323 e. The number of aromatic nitrogens is 2. The van der Waals surface area contributed by atoms with E-state index in [1.807, 2.05) is 13.0 Å². The zero-order chi connectivity index (χ0) is 18.7. The minimum Gasteiger partial charge on any atom is -0.352 e. The first-order valence-corrected chi connectivity index (χ1v) is 8.52. The molecular weight excluding hydrogens is 337 g/mol. The molecule has 0 bridgehead atoms. The third-order valence-corrected chi connectivity index (χ3v) is 4.35. The van der Waals surface area contributed by atoms with Crippen LogP contribution >= 0.6 is 0 Å². The van der Waals surface area contributed by atoms with Crippen molar-refractivity contribution in [3.63, 3.8) is 0 Å². The largest absolute Gasteiger partial charge is 0.352 e. The van der Waals surface area contributed by atoms with Crippen LogP contribution in [0.4, 0.5) is 15.0 Å². The molecule has 26 heavy (non-hydrogen) atoms. The van der Waals surface area contributed by atoms with Crippen molar-refractivity contribution in [2.75, 3.05) is 18.4 Å². The highest BCUT2D eigenvalue weighted by atomic mass is 19.1.